The summed E-state index contributed by atoms with van der Waals surface area (Å²) in [5.74, 6) is 1.31. The van der Waals surface area contributed by atoms with Crippen LogP contribution in [0.15, 0.2) is 0 Å². The maximum absolute atomic E-state index is 12.5. The van der Waals surface area contributed by atoms with Crippen molar-refractivity contribution in [3.63, 3.8) is 0 Å². The number of aliphatic hydroxyl groups is 1. The predicted molar refractivity (Wildman–Crippen MR) is 90.1 cm³/mol. The number of hydrogen-bond acceptors (Lipinski definition) is 3. The number of likely N-dealkylation sites (tertiary alicyclic amines) is 1. The molecule has 4 aliphatic carbocycles. The maximum Gasteiger partial charge on any atom is 0.239 e. The van der Waals surface area contributed by atoms with E-state index in [1.807, 2.05) is 0 Å². The second-order valence-electron chi connectivity index (χ2n) is 9.11. The molecule has 2 amide bonds. The Bertz CT molecular complexity index is 533. The molecule has 0 radical (unpaired) electrons. The van der Waals surface area contributed by atoms with Crippen LogP contribution in [0.4, 0.5) is 0 Å². The Morgan fingerprint density at radius 3 is 2.62 bits per heavy atom. The average Bonchev–Trinajstić information content (AvgIpc) is 2.47. The Morgan fingerprint density at radius 2 is 2.00 bits per heavy atom. The first-order chi connectivity index (χ1) is 11.4. The summed E-state index contributed by atoms with van der Waals surface area (Å²) in [4.78, 5) is 26.1. The number of nitrogens with zero attached hydrogens (tertiary/aromatic N) is 1. The molecule has 5 nitrogen and oxygen atoms in total. The molecule has 5 heteroatoms. The van der Waals surface area contributed by atoms with Gasteiger partial charge in [-0.25, -0.2) is 0 Å². The largest absolute Gasteiger partial charge is 0.390 e. The van der Waals surface area contributed by atoms with Gasteiger partial charge in [0, 0.05) is 19.0 Å². The number of nitrogens with one attached hydrogen (secondary N) is 1. The average molecular weight is 334 g/mol. The summed E-state index contributed by atoms with van der Waals surface area (Å²) in [5, 5.41) is 14.1. The third-order valence-electron chi connectivity index (χ3n) is 7.13. The number of rotatable bonds is 4. The molecule has 3 atom stereocenters. The molecule has 0 aromatic carbocycles. The zero-order valence-electron chi connectivity index (χ0n) is 14.7. The van der Waals surface area contributed by atoms with Crippen LogP contribution in [0.5, 0.6) is 0 Å². The SMILES string of the molecule is C[C@@H](NC(=O)CN1CCCCC1=O)C12C[C@H]3C[C@@H](CC(O)(C3)C1)C2. The van der Waals surface area contributed by atoms with E-state index in [2.05, 4.69) is 12.2 Å². The van der Waals surface area contributed by atoms with Gasteiger partial charge in [-0.05, 0) is 75.5 Å². The van der Waals surface area contributed by atoms with Gasteiger partial charge in [-0.1, -0.05) is 0 Å². The van der Waals surface area contributed by atoms with Crippen molar-refractivity contribution in [3.05, 3.63) is 0 Å². The van der Waals surface area contributed by atoms with Crippen molar-refractivity contribution in [2.45, 2.75) is 76.4 Å². The molecule has 1 saturated heterocycles. The number of hydrogen-bond donors (Lipinski definition) is 2. The van der Waals surface area contributed by atoms with Gasteiger partial charge in [0.15, 0.2) is 0 Å². The van der Waals surface area contributed by atoms with Crippen LogP contribution in [0, 0.1) is 17.3 Å². The Balaban J connectivity index is 1.40. The lowest BCUT2D eigenvalue weighted by atomic mass is 9.46. The Kier molecular flexibility index (Phi) is 3.90. The molecule has 24 heavy (non-hydrogen) atoms. The molecule has 4 bridgehead atoms. The molecule has 4 saturated carbocycles. The summed E-state index contributed by atoms with van der Waals surface area (Å²) in [6.45, 7) is 3.00. The van der Waals surface area contributed by atoms with E-state index in [1.54, 1.807) is 4.90 Å². The van der Waals surface area contributed by atoms with Gasteiger partial charge in [-0.2, -0.15) is 0 Å². The Morgan fingerprint density at radius 1 is 1.29 bits per heavy atom. The third-order valence-corrected chi connectivity index (χ3v) is 7.13. The van der Waals surface area contributed by atoms with Gasteiger partial charge in [0.1, 0.15) is 0 Å². The highest BCUT2D eigenvalue weighted by molar-refractivity contribution is 5.85. The lowest BCUT2D eigenvalue weighted by Crippen LogP contribution is -2.62. The quantitative estimate of drug-likeness (QED) is 0.824. The fraction of sp³-hybridized carbons (Fsp3) is 0.895. The zero-order valence-corrected chi connectivity index (χ0v) is 14.7. The van der Waals surface area contributed by atoms with Gasteiger partial charge < -0.3 is 15.3 Å². The summed E-state index contributed by atoms with van der Waals surface area (Å²) in [7, 11) is 0. The van der Waals surface area contributed by atoms with Crippen molar-refractivity contribution >= 4 is 11.8 Å². The highest BCUT2D eigenvalue weighted by atomic mass is 16.3. The first-order valence-corrected chi connectivity index (χ1v) is 9.67. The summed E-state index contributed by atoms with van der Waals surface area (Å²) in [6.07, 6.45) is 8.77. The minimum absolute atomic E-state index is 0.0412. The monoisotopic (exact) mass is 334 g/mol. The molecule has 0 unspecified atom stereocenters. The van der Waals surface area contributed by atoms with Gasteiger partial charge in [0.25, 0.3) is 0 Å². The van der Waals surface area contributed by atoms with Crippen LogP contribution in [0.3, 0.4) is 0 Å². The minimum Gasteiger partial charge on any atom is -0.390 e. The molecule has 0 aromatic rings. The van der Waals surface area contributed by atoms with Crippen LogP contribution in [0.25, 0.3) is 0 Å². The number of carbonyl (C=O) groups is 2. The zero-order chi connectivity index (χ0) is 16.9. The topological polar surface area (TPSA) is 69.6 Å². The standard InChI is InChI=1S/C19H30N2O3/c1-13(20-16(22)11-21-5-3-2-4-17(21)23)18-7-14-6-15(8-18)10-19(24,9-14)12-18/h13-15,24H,2-12H2,1H3,(H,20,22)/t13-,14-,15-,18?,19?/m1/s1. The van der Waals surface area contributed by atoms with Gasteiger partial charge in [0.05, 0.1) is 12.1 Å². The van der Waals surface area contributed by atoms with Crippen LogP contribution in [-0.4, -0.2) is 46.6 Å². The molecule has 0 spiro atoms. The van der Waals surface area contributed by atoms with E-state index in [4.69, 9.17) is 0 Å². The number of amides is 2. The van der Waals surface area contributed by atoms with Gasteiger partial charge >= 0.3 is 0 Å². The van der Waals surface area contributed by atoms with Crippen molar-refractivity contribution < 1.29 is 14.7 Å². The molecule has 134 valence electrons. The smallest absolute Gasteiger partial charge is 0.239 e. The second-order valence-corrected chi connectivity index (χ2v) is 9.11. The van der Waals surface area contributed by atoms with Crippen LogP contribution in [-0.2, 0) is 9.59 Å². The number of piperidine rings is 1. The lowest BCUT2D eigenvalue weighted by Gasteiger charge is -2.62. The predicted octanol–water partition coefficient (Wildman–Crippen LogP) is 1.83. The van der Waals surface area contributed by atoms with Gasteiger partial charge in [-0.15, -0.1) is 0 Å². The Hall–Kier alpha value is -1.10. The summed E-state index contributed by atoms with van der Waals surface area (Å²) < 4.78 is 0. The molecule has 1 heterocycles. The fourth-order valence-corrected chi connectivity index (χ4v) is 6.43. The van der Waals surface area contributed by atoms with Gasteiger partial charge in [0.2, 0.25) is 11.8 Å². The third kappa shape index (κ3) is 2.85. The highest BCUT2D eigenvalue weighted by Crippen LogP contribution is 2.62. The van der Waals surface area contributed by atoms with Crippen molar-refractivity contribution in [1.82, 2.24) is 10.2 Å². The number of carbonyl (C=O) groups excluding carboxylic acids is 2. The van der Waals surface area contributed by atoms with Crippen LogP contribution < -0.4 is 5.32 Å². The fourth-order valence-electron chi connectivity index (χ4n) is 6.43. The van der Waals surface area contributed by atoms with E-state index in [0.29, 0.717) is 24.8 Å². The normalized spacial score (nSPS) is 42.2. The van der Waals surface area contributed by atoms with Crippen molar-refractivity contribution in [2.75, 3.05) is 13.1 Å². The van der Waals surface area contributed by atoms with Gasteiger partial charge in [-0.3, -0.25) is 9.59 Å². The summed E-state index contributed by atoms with van der Waals surface area (Å²) >= 11 is 0. The second kappa shape index (κ2) is 5.72. The van der Waals surface area contributed by atoms with Crippen molar-refractivity contribution in [2.24, 2.45) is 17.3 Å². The molecule has 5 aliphatic rings. The molecular weight excluding hydrogens is 304 g/mol. The molecule has 0 aromatic heterocycles. The molecule has 1 aliphatic heterocycles. The van der Waals surface area contributed by atoms with E-state index in [1.165, 1.54) is 6.42 Å². The first kappa shape index (κ1) is 16.4. The van der Waals surface area contributed by atoms with E-state index >= 15 is 0 Å². The molecule has 2 N–H and O–H groups in total. The van der Waals surface area contributed by atoms with E-state index in [0.717, 1.165) is 44.9 Å². The summed E-state index contributed by atoms with van der Waals surface area (Å²) in [6, 6.07) is 0.0716. The molecular formula is C19H30N2O3. The van der Waals surface area contributed by atoms with E-state index < -0.39 is 5.60 Å². The van der Waals surface area contributed by atoms with Crippen molar-refractivity contribution in [1.29, 1.82) is 0 Å². The lowest BCUT2D eigenvalue weighted by molar-refractivity contribution is -0.173. The van der Waals surface area contributed by atoms with Crippen molar-refractivity contribution in [3.8, 4) is 0 Å². The summed E-state index contributed by atoms with van der Waals surface area (Å²) in [5.41, 5.74) is -0.438. The van der Waals surface area contributed by atoms with Crippen LogP contribution in [0.1, 0.15) is 64.7 Å². The molecule has 5 fully saturated rings. The highest BCUT2D eigenvalue weighted by Gasteiger charge is 2.59. The molecule has 5 rings (SSSR count). The van der Waals surface area contributed by atoms with E-state index in [-0.39, 0.29) is 29.8 Å². The van der Waals surface area contributed by atoms with Crippen LogP contribution >= 0.6 is 0 Å². The minimum atomic E-state index is -0.494. The Labute approximate surface area is 144 Å². The van der Waals surface area contributed by atoms with E-state index in [9.17, 15) is 14.7 Å². The maximum atomic E-state index is 12.5. The first-order valence-electron chi connectivity index (χ1n) is 9.67. The van der Waals surface area contributed by atoms with Crippen LogP contribution in [0.2, 0.25) is 0 Å².